The van der Waals surface area contributed by atoms with Gasteiger partial charge in [-0.1, -0.05) is 88.6 Å². The lowest BCUT2D eigenvalue weighted by Gasteiger charge is -2.10. The number of unbranched alkanes of at least 4 members (excludes halogenated alkanes) is 8. The fourth-order valence-corrected chi connectivity index (χ4v) is 4.27. The van der Waals surface area contributed by atoms with Crippen molar-refractivity contribution in [2.45, 2.75) is 91.5 Å². The summed E-state index contributed by atoms with van der Waals surface area (Å²) in [5.41, 5.74) is 3.21. The molecular weight excluding hydrogens is 374 g/mol. The van der Waals surface area contributed by atoms with Gasteiger partial charge in [-0.3, -0.25) is 4.79 Å². The Morgan fingerprint density at radius 2 is 1.43 bits per heavy atom. The molecule has 164 valence electrons. The third-order valence-electron chi connectivity index (χ3n) is 5.94. The summed E-state index contributed by atoms with van der Waals surface area (Å²) >= 11 is 0. The standard InChI is InChI=1S/C26H37NO3/c1-4-5-6-7-8-9-10-11-15-18-23(28)24-20(2)25(26(29)30)27(21(24)3)19-22-16-13-12-14-17-22/h12-14,16-17H,4-11,15,18-19H2,1-3H3,(H,29,30). The molecule has 1 aromatic heterocycles. The van der Waals surface area contributed by atoms with Crippen LogP contribution in [-0.2, 0) is 6.54 Å². The number of nitrogens with zero attached hydrogens (tertiary/aromatic N) is 1. The normalized spacial score (nSPS) is 11.0. The molecule has 0 aliphatic rings. The smallest absolute Gasteiger partial charge is 0.352 e. The van der Waals surface area contributed by atoms with E-state index in [-0.39, 0.29) is 11.5 Å². The van der Waals surface area contributed by atoms with Crippen molar-refractivity contribution in [1.29, 1.82) is 0 Å². The van der Waals surface area contributed by atoms with Gasteiger partial charge in [-0.05, 0) is 31.4 Å². The number of aromatic nitrogens is 1. The van der Waals surface area contributed by atoms with E-state index in [0.29, 0.717) is 24.1 Å². The van der Waals surface area contributed by atoms with Crippen molar-refractivity contribution >= 4 is 11.8 Å². The Labute approximate surface area is 181 Å². The summed E-state index contributed by atoms with van der Waals surface area (Å²) in [7, 11) is 0. The van der Waals surface area contributed by atoms with Gasteiger partial charge in [0.25, 0.3) is 0 Å². The van der Waals surface area contributed by atoms with Gasteiger partial charge in [-0.25, -0.2) is 4.79 Å². The van der Waals surface area contributed by atoms with E-state index in [1.54, 1.807) is 11.5 Å². The summed E-state index contributed by atoms with van der Waals surface area (Å²) < 4.78 is 1.77. The molecule has 0 amide bonds. The van der Waals surface area contributed by atoms with Crippen LogP contribution in [0.3, 0.4) is 0 Å². The molecule has 1 aromatic carbocycles. The Balaban J connectivity index is 1.97. The number of hydrogen-bond donors (Lipinski definition) is 1. The molecule has 0 atom stereocenters. The van der Waals surface area contributed by atoms with Crippen LogP contribution in [0.15, 0.2) is 30.3 Å². The van der Waals surface area contributed by atoms with E-state index in [9.17, 15) is 14.7 Å². The minimum absolute atomic E-state index is 0.0715. The first kappa shape index (κ1) is 23.9. The number of rotatable bonds is 14. The van der Waals surface area contributed by atoms with Crippen LogP contribution in [0.1, 0.15) is 109 Å². The molecule has 4 nitrogen and oxygen atoms in total. The van der Waals surface area contributed by atoms with Crippen LogP contribution in [0.25, 0.3) is 0 Å². The molecule has 0 saturated carbocycles. The van der Waals surface area contributed by atoms with E-state index in [0.717, 1.165) is 24.1 Å². The molecule has 0 bridgehead atoms. The van der Waals surface area contributed by atoms with Crippen molar-refractivity contribution < 1.29 is 14.7 Å². The molecule has 0 fully saturated rings. The Bertz CT molecular complexity index is 821. The average molecular weight is 412 g/mol. The predicted molar refractivity (Wildman–Crippen MR) is 123 cm³/mol. The van der Waals surface area contributed by atoms with Gasteiger partial charge < -0.3 is 9.67 Å². The Morgan fingerprint density at radius 1 is 0.867 bits per heavy atom. The second-order valence-electron chi connectivity index (χ2n) is 8.31. The molecule has 2 aromatic rings. The van der Waals surface area contributed by atoms with E-state index >= 15 is 0 Å². The summed E-state index contributed by atoms with van der Waals surface area (Å²) in [6.07, 6.45) is 11.4. The van der Waals surface area contributed by atoms with E-state index in [1.165, 1.54) is 44.9 Å². The van der Waals surface area contributed by atoms with Gasteiger partial charge in [0.1, 0.15) is 5.69 Å². The number of carbonyl (C=O) groups excluding carboxylic acids is 1. The van der Waals surface area contributed by atoms with Gasteiger partial charge in [-0.2, -0.15) is 0 Å². The maximum absolute atomic E-state index is 12.9. The molecular formula is C26H37NO3. The molecule has 1 N–H and O–H groups in total. The molecule has 2 rings (SSSR count). The highest BCUT2D eigenvalue weighted by Gasteiger charge is 2.25. The Hall–Kier alpha value is -2.36. The van der Waals surface area contributed by atoms with Crippen LogP contribution in [0.2, 0.25) is 0 Å². The zero-order valence-corrected chi connectivity index (χ0v) is 18.9. The molecule has 0 aliphatic heterocycles. The van der Waals surface area contributed by atoms with Gasteiger partial charge in [0.2, 0.25) is 0 Å². The number of carboxylic acids is 1. The highest BCUT2D eigenvalue weighted by molar-refractivity contribution is 6.02. The summed E-state index contributed by atoms with van der Waals surface area (Å²) in [5, 5.41) is 9.76. The van der Waals surface area contributed by atoms with Gasteiger partial charge in [0.15, 0.2) is 5.78 Å². The van der Waals surface area contributed by atoms with Crippen molar-refractivity contribution in [2.24, 2.45) is 0 Å². The van der Waals surface area contributed by atoms with Gasteiger partial charge in [0, 0.05) is 24.2 Å². The van der Waals surface area contributed by atoms with E-state index in [4.69, 9.17) is 0 Å². The first-order valence-corrected chi connectivity index (χ1v) is 11.5. The number of carboxylic acid groups (broad SMARTS) is 1. The van der Waals surface area contributed by atoms with Crippen LogP contribution in [0, 0.1) is 13.8 Å². The third kappa shape index (κ3) is 6.58. The first-order chi connectivity index (χ1) is 14.5. The fraction of sp³-hybridized carbons (Fsp3) is 0.538. The maximum atomic E-state index is 12.9. The van der Waals surface area contributed by atoms with Crippen LogP contribution in [0.5, 0.6) is 0 Å². The molecule has 0 aliphatic carbocycles. The van der Waals surface area contributed by atoms with Crippen LogP contribution >= 0.6 is 0 Å². The number of carbonyl (C=O) groups is 2. The molecule has 0 radical (unpaired) electrons. The quantitative estimate of drug-likeness (QED) is 0.270. The fourth-order valence-electron chi connectivity index (χ4n) is 4.27. The van der Waals surface area contributed by atoms with Crippen molar-refractivity contribution in [3.63, 3.8) is 0 Å². The lowest BCUT2D eigenvalue weighted by molar-refractivity contribution is 0.0684. The van der Waals surface area contributed by atoms with Gasteiger partial charge >= 0.3 is 5.97 Å². The molecule has 0 saturated heterocycles. The summed E-state index contributed by atoms with van der Waals surface area (Å²) in [5.74, 6) is -0.907. The lowest BCUT2D eigenvalue weighted by atomic mass is 10.00. The molecule has 4 heteroatoms. The zero-order chi connectivity index (χ0) is 21.9. The van der Waals surface area contributed by atoms with Gasteiger partial charge in [-0.15, -0.1) is 0 Å². The highest BCUT2D eigenvalue weighted by Crippen LogP contribution is 2.26. The number of hydrogen-bond acceptors (Lipinski definition) is 2. The van der Waals surface area contributed by atoms with Crippen LogP contribution < -0.4 is 0 Å². The Morgan fingerprint density at radius 3 is 2.00 bits per heavy atom. The van der Waals surface area contributed by atoms with Crippen molar-refractivity contribution in [3.8, 4) is 0 Å². The zero-order valence-electron chi connectivity index (χ0n) is 18.9. The molecule has 0 spiro atoms. The lowest BCUT2D eigenvalue weighted by Crippen LogP contribution is -2.11. The second-order valence-corrected chi connectivity index (χ2v) is 8.31. The maximum Gasteiger partial charge on any atom is 0.352 e. The number of benzene rings is 1. The SMILES string of the molecule is CCCCCCCCCCCC(=O)c1c(C)c(C(=O)O)n(Cc2ccccc2)c1C. The summed E-state index contributed by atoms with van der Waals surface area (Å²) in [6, 6.07) is 9.78. The monoisotopic (exact) mass is 411 g/mol. The number of ketones is 1. The first-order valence-electron chi connectivity index (χ1n) is 11.5. The predicted octanol–water partition coefficient (Wildman–Crippen LogP) is 6.96. The van der Waals surface area contributed by atoms with Gasteiger partial charge in [0.05, 0.1) is 0 Å². The topological polar surface area (TPSA) is 59.3 Å². The van der Waals surface area contributed by atoms with Crippen molar-refractivity contribution in [3.05, 3.63) is 58.4 Å². The summed E-state index contributed by atoms with van der Waals surface area (Å²) in [6.45, 7) is 6.32. The van der Waals surface area contributed by atoms with Crippen LogP contribution in [0.4, 0.5) is 0 Å². The van der Waals surface area contributed by atoms with E-state index in [2.05, 4.69) is 6.92 Å². The van der Waals surface area contributed by atoms with E-state index in [1.807, 2.05) is 37.3 Å². The van der Waals surface area contributed by atoms with E-state index < -0.39 is 5.97 Å². The number of aromatic carboxylic acids is 1. The highest BCUT2D eigenvalue weighted by atomic mass is 16.4. The second kappa shape index (κ2) is 12.4. The Kier molecular flexibility index (Phi) is 9.85. The minimum atomic E-state index is -0.978. The largest absolute Gasteiger partial charge is 0.477 e. The molecule has 30 heavy (non-hydrogen) atoms. The number of Topliss-reactive ketones (excluding diaryl/α,β-unsaturated/α-hetero) is 1. The molecule has 1 heterocycles. The van der Waals surface area contributed by atoms with Crippen molar-refractivity contribution in [1.82, 2.24) is 4.57 Å². The average Bonchev–Trinajstić information content (AvgIpc) is 2.97. The van der Waals surface area contributed by atoms with Crippen LogP contribution in [-0.4, -0.2) is 21.4 Å². The molecule has 0 unspecified atom stereocenters. The summed E-state index contributed by atoms with van der Waals surface area (Å²) in [4.78, 5) is 24.8. The minimum Gasteiger partial charge on any atom is -0.477 e. The third-order valence-corrected chi connectivity index (χ3v) is 5.94. The van der Waals surface area contributed by atoms with Crippen molar-refractivity contribution in [2.75, 3.05) is 0 Å².